The summed E-state index contributed by atoms with van der Waals surface area (Å²) in [5, 5.41) is 0. The molecule has 4 aliphatic rings. The zero-order chi connectivity index (χ0) is 21.8. The Bertz CT molecular complexity index is 628. The maximum atomic E-state index is 13.5. The zero-order valence-electron chi connectivity index (χ0n) is 19.9. The summed E-state index contributed by atoms with van der Waals surface area (Å²) in [6.07, 6.45) is 7.31. The van der Waals surface area contributed by atoms with Gasteiger partial charge in [0.2, 0.25) is 0 Å². The van der Waals surface area contributed by atoms with Crippen molar-refractivity contribution >= 4 is 11.9 Å². The fourth-order valence-electron chi connectivity index (χ4n) is 6.41. The molecule has 0 spiro atoms. The van der Waals surface area contributed by atoms with Gasteiger partial charge in [-0.1, -0.05) is 6.92 Å². The topological polar surface area (TPSA) is 52.6 Å². The van der Waals surface area contributed by atoms with E-state index in [0.717, 1.165) is 11.8 Å². The Balaban J connectivity index is 1.73. The lowest BCUT2D eigenvalue weighted by Gasteiger charge is -2.59. The van der Waals surface area contributed by atoms with Crippen LogP contribution in [0, 0.1) is 34.5 Å². The quantitative estimate of drug-likeness (QED) is 0.514. The van der Waals surface area contributed by atoms with E-state index < -0.39 is 16.4 Å². The van der Waals surface area contributed by atoms with Gasteiger partial charge in [0.1, 0.15) is 11.2 Å². The van der Waals surface area contributed by atoms with Gasteiger partial charge in [-0.25, -0.2) is 0 Å². The van der Waals surface area contributed by atoms with E-state index in [2.05, 4.69) is 6.92 Å². The van der Waals surface area contributed by atoms with Gasteiger partial charge in [0.15, 0.2) is 0 Å². The number of carbonyl (C=O) groups excluding carboxylic acids is 2. The molecular weight excluding hydrogens is 364 g/mol. The first-order chi connectivity index (χ1) is 13.2. The second kappa shape index (κ2) is 7.27. The predicted octanol–water partition coefficient (Wildman–Crippen LogP) is 5.92. The zero-order valence-corrected chi connectivity index (χ0v) is 19.9. The number of hydrogen-bond donors (Lipinski definition) is 0. The molecular formula is C25H42O4. The van der Waals surface area contributed by atoms with Crippen LogP contribution in [0.25, 0.3) is 0 Å². The molecule has 0 N–H and O–H groups in total. The smallest absolute Gasteiger partial charge is 0.312 e. The van der Waals surface area contributed by atoms with Crippen molar-refractivity contribution in [2.45, 2.75) is 112 Å². The molecule has 4 rings (SSSR count). The maximum Gasteiger partial charge on any atom is 0.312 e. The van der Waals surface area contributed by atoms with Gasteiger partial charge in [-0.2, -0.15) is 0 Å². The highest BCUT2D eigenvalue weighted by atomic mass is 16.6. The Hall–Kier alpha value is -1.06. The largest absolute Gasteiger partial charge is 0.460 e. The lowest BCUT2D eigenvalue weighted by Crippen LogP contribution is -2.59. The molecule has 0 radical (unpaired) electrons. The summed E-state index contributed by atoms with van der Waals surface area (Å²) in [6.45, 7) is 15.6. The minimum Gasteiger partial charge on any atom is -0.460 e. The van der Waals surface area contributed by atoms with Crippen molar-refractivity contribution in [2.75, 3.05) is 0 Å². The van der Waals surface area contributed by atoms with E-state index in [-0.39, 0.29) is 17.5 Å². The van der Waals surface area contributed by atoms with Crippen LogP contribution >= 0.6 is 0 Å². The van der Waals surface area contributed by atoms with Crippen LogP contribution in [0.2, 0.25) is 0 Å². The van der Waals surface area contributed by atoms with E-state index in [9.17, 15) is 9.59 Å². The van der Waals surface area contributed by atoms with Crippen LogP contribution in [-0.2, 0) is 19.1 Å². The summed E-state index contributed by atoms with van der Waals surface area (Å²) in [7, 11) is 0. The molecule has 1 unspecified atom stereocenters. The predicted molar refractivity (Wildman–Crippen MR) is 114 cm³/mol. The molecule has 0 saturated heterocycles. The third-order valence-electron chi connectivity index (χ3n) is 8.13. The van der Waals surface area contributed by atoms with Gasteiger partial charge in [-0.15, -0.1) is 0 Å². The third-order valence-corrected chi connectivity index (χ3v) is 8.13. The fourth-order valence-corrected chi connectivity index (χ4v) is 6.41. The van der Waals surface area contributed by atoms with Crippen LogP contribution in [0.3, 0.4) is 0 Å². The van der Waals surface area contributed by atoms with Crippen molar-refractivity contribution < 1.29 is 19.1 Å². The molecule has 4 fully saturated rings. The Morgan fingerprint density at radius 1 is 0.862 bits per heavy atom. The van der Waals surface area contributed by atoms with Crippen LogP contribution in [0.4, 0.5) is 0 Å². The maximum absolute atomic E-state index is 13.5. The van der Waals surface area contributed by atoms with Crippen LogP contribution in [0.1, 0.15) is 100 Å². The molecule has 0 aromatic heterocycles. The first-order valence-electron chi connectivity index (χ1n) is 11.7. The normalized spacial score (nSPS) is 35.9. The molecule has 0 aromatic rings. The van der Waals surface area contributed by atoms with Crippen LogP contribution in [0.15, 0.2) is 0 Å². The van der Waals surface area contributed by atoms with Gasteiger partial charge < -0.3 is 9.47 Å². The van der Waals surface area contributed by atoms with Gasteiger partial charge in [-0.3, -0.25) is 9.59 Å². The molecule has 4 aliphatic carbocycles. The van der Waals surface area contributed by atoms with Crippen LogP contribution < -0.4 is 0 Å². The van der Waals surface area contributed by atoms with Crippen molar-refractivity contribution in [3.8, 4) is 0 Å². The monoisotopic (exact) mass is 406 g/mol. The van der Waals surface area contributed by atoms with E-state index in [1.807, 2.05) is 48.5 Å². The summed E-state index contributed by atoms with van der Waals surface area (Å²) < 4.78 is 12.0. The summed E-state index contributed by atoms with van der Waals surface area (Å²) in [5.74, 6) is 2.30. The highest BCUT2D eigenvalue weighted by Gasteiger charge is 2.58. The summed E-state index contributed by atoms with van der Waals surface area (Å²) in [4.78, 5) is 26.3. The number of carbonyl (C=O) groups is 2. The number of hydrogen-bond acceptors (Lipinski definition) is 4. The molecule has 0 heterocycles. The average Bonchev–Trinajstić information content (AvgIpc) is 2.57. The Morgan fingerprint density at radius 2 is 1.34 bits per heavy atom. The standard InChI is InChI=1S/C25H42O4/c1-9-24(7,15-23(5,6)20(26)28-22(2,3)4)21(27)29-25(8)18-11-16-10-17(13-18)14-19(25)12-16/h16-19H,9-15H2,1-8H3. The van der Waals surface area contributed by atoms with Gasteiger partial charge in [0.05, 0.1) is 10.8 Å². The molecule has 4 nitrogen and oxygen atoms in total. The molecule has 0 amide bonds. The first kappa shape index (κ1) is 22.6. The lowest BCUT2D eigenvalue weighted by molar-refractivity contribution is -0.213. The van der Waals surface area contributed by atoms with Crippen molar-refractivity contribution in [2.24, 2.45) is 34.5 Å². The second-order valence-corrected chi connectivity index (χ2v) is 12.4. The van der Waals surface area contributed by atoms with Gasteiger partial charge in [0, 0.05) is 0 Å². The van der Waals surface area contributed by atoms with E-state index in [0.29, 0.717) is 24.7 Å². The van der Waals surface area contributed by atoms with Gasteiger partial charge in [-0.05, 0) is 117 Å². The summed E-state index contributed by atoms with van der Waals surface area (Å²) in [6, 6.07) is 0. The van der Waals surface area contributed by atoms with Crippen molar-refractivity contribution in [1.82, 2.24) is 0 Å². The van der Waals surface area contributed by atoms with E-state index in [1.165, 1.54) is 32.1 Å². The minimum atomic E-state index is -0.748. The SMILES string of the molecule is CCC(C)(CC(C)(C)C(=O)OC(C)(C)C)C(=O)OC1(C)C2CC3CC(C2)CC1C3. The highest BCUT2D eigenvalue weighted by Crippen LogP contribution is 2.60. The second-order valence-electron chi connectivity index (χ2n) is 12.4. The van der Waals surface area contributed by atoms with Gasteiger partial charge in [0.25, 0.3) is 0 Å². The minimum absolute atomic E-state index is 0.133. The molecule has 0 aliphatic heterocycles. The van der Waals surface area contributed by atoms with Crippen molar-refractivity contribution in [3.63, 3.8) is 0 Å². The molecule has 4 heteroatoms. The fraction of sp³-hybridized carbons (Fsp3) is 0.920. The first-order valence-corrected chi connectivity index (χ1v) is 11.7. The average molecular weight is 407 g/mol. The highest BCUT2D eigenvalue weighted by molar-refractivity contribution is 5.81. The summed E-state index contributed by atoms with van der Waals surface area (Å²) >= 11 is 0. The number of esters is 2. The molecule has 166 valence electrons. The van der Waals surface area contributed by atoms with Gasteiger partial charge >= 0.3 is 11.9 Å². The molecule has 1 atom stereocenters. The lowest BCUT2D eigenvalue weighted by atomic mass is 9.50. The molecule has 4 saturated carbocycles. The number of ether oxygens (including phenoxy) is 2. The molecule has 4 bridgehead atoms. The van der Waals surface area contributed by atoms with Crippen molar-refractivity contribution in [1.29, 1.82) is 0 Å². The van der Waals surface area contributed by atoms with Crippen LogP contribution in [0.5, 0.6) is 0 Å². The Labute approximate surface area is 177 Å². The summed E-state index contributed by atoms with van der Waals surface area (Å²) in [5.41, 5.74) is -2.32. The van der Waals surface area contributed by atoms with E-state index in [4.69, 9.17) is 9.47 Å². The third kappa shape index (κ3) is 4.37. The molecule has 0 aromatic carbocycles. The van der Waals surface area contributed by atoms with Crippen LogP contribution in [-0.4, -0.2) is 23.1 Å². The van der Waals surface area contributed by atoms with E-state index in [1.54, 1.807) is 0 Å². The van der Waals surface area contributed by atoms with Crippen molar-refractivity contribution in [3.05, 3.63) is 0 Å². The van der Waals surface area contributed by atoms with E-state index >= 15 is 0 Å². The molecule has 29 heavy (non-hydrogen) atoms. The Morgan fingerprint density at radius 3 is 1.76 bits per heavy atom. The Kier molecular flexibility index (Phi) is 5.67. The number of rotatable bonds is 6.